The molecule has 1 heterocycles. The van der Waals surface area contributed by atoms with E-state index in [2.05, 4.69) is 15.6 Å². The SMILES string of the molecule is CN(C)CCSSC[C@H](NC(=O)[C@H](O)c1ccc(C(F)(F)F)cc1)C(=O)NCc1ccccn1. The van der Waals surface area contributed by atoms with Crippen molar-refractivity contribution < 1.29 is 27.9 Å². The maximum atomic E-state index is 12.8. The number of halogens is 3. The summed E-state index contributed by atoms with van der Waals surface area (Å²) >= 11 is 0. The molecular formula is C22H27F3N4O3S2. The zero-order valence-electron chi connectivity index (χ0n) is 18.7. The molecule has 0 aliphatic rings. The van der Waals surface area contributed by atoms with Crippen LogP contribution >= 0.6 is 21.6 Å². The quantitative estimate of drug-likeness (QED) is 0.295. The standard InChI is InChI=1S/C22H27F3N4O3S2/c1-29(2)11-12-33-34-14-18(20(31)27-13-17-5-3-4-10-26-17)28-21(32)19(30)15-6-8-16(9-7-15)22(23,24)25/h3-10,18-19,30H,11-14H2,1-2H3,(H,27,31)(H,28,32)/t18-,19+/m0/s1. The van der Waals surface area contributed by atoms with Gasteiger partial charge in [-0.05, 0) is 43.9 Å². The summed E-state index contributed by atoms with van der Waals surface area (Å²) in [7, 11) is 6.83. The average molecular weight is 517 g/mol. The molecule has 2 rings (SSSR count). The van der Waals surface area contributed by atoms with Crippen molar-refractivity contribution in [1.82, 2.24) is 20.5 Å². The number of aliphatic hydroxyl groups excluding tert-OH is 1. The van der Waals surface area contributed by atoms with Crippen molar-refractivity contribution in [3.63, 3.8) is 0 Å². The molecular weight excluding hydrogens is 489 g/mol. The van der Waals surface area contributed by atoms with Crippen LogP contribution in [0, 0.1) is 0 Å². The van der Waals surface area contributed by atoms with Gasteiger partial charge in [-0.15, -0.1) is 0 Å². The van der Waals surface area contributed by atoms with Crippen LogP contribution in [0.5, 0.6) is 0 Å². The molecule has 7 nitrogen and oxygen atoms in total. The minimum absolute atomic E-state index is 0.00819. The molecule has 0 bridgehead atoms. The molecule has 0 spiro atoms. The summed E-state index contributed by atoms with van der Waals surface area (Å²) in [6.07, 6.45) is -4.65. The highest BCUT2D eigenvalue weighted by Crippen LogP contribution is 2.30. The Balaban J connectivity index is 2.01. The van der Waals surface area contributed by atoms with Gasteiger partial charge in [0.05, 0.1) is 17.8 Å². The Hall–Kier alpha value is -2.28. The van der Waals surface area contributed by atoms with E-state index < -0.39 is 35.7 Å². The highest BCUT2D eigenvalue weighted by molar-refractivity contribution is 8.76. The summed E-state index contributed by atoms with van der Waals surface area (Å²) < 4.78 is 38.3. The molecule has 2 atom stereocenters. The molecule has 0 saturated heterocycles. The zero-order valence-corrected chi connectivity index (χ0v) is 20.3. The van der Waals surface area contributed by atoms with Gasteiger partial charge in [0.2, 0.25) is 5.91 Å². The Morgan fingerprint density at radius 2 is 1.79 bits per heavy atom. The van der Waals surface area contributed by atoms with Crippen molar-refractivity contribution in [1.29, 1.82) is 0 Å². The Bertz CT molecular complexity index is 916. The number of rotatable bonds is 12. The summed E-state index contributed by atoms with van der Waals surface area (Å²) in [4.78, 5) is 31.5. The third-order valence-corrected chi connectivity index (χ3v) is 6.94. The molecule has 34 heavy (non-hydrogen) atoms. The van der Waals surface area contributed by atoms with E-state index in [-0.39, 0.29) is 17.9 Å². The number of aromatic nitrogens is 1. The maximum Gasteiger partial charge on any atom is 0.416 e. The first kappa shape index (κ1) is 28.0. The number of nitrogens with zero attached hydrogens (tertiary/aromatic N) is 2. The third-order valence-electron chi connectivity index (χ3n) is 4.54. The van der Waals surface area contributed by atoms with Crippen molar-refractivity contribution in [2.45, 2.75) is 24.9 Å². The summed E-state index contributed by atoms with van der Waals surface area (Å²) in [6.45, 7) is 0.999. The van der Waals surface area contributed by atoms with E-state index >= 15 is 0 Å². The number of hydrogen-bond donors (Lipinski definition) is 3. The Morgan fingerprint density at radius 3 is 2.38 bits per heavy atom. The first-order valence-corrected chi connectivity index (χ1v) is 12.8. The molecule has 12 heteroatoms. The largest absolute Gasteiger partial charge is 0.416 e. The number of carbonyl (C=O) groups is 2. The minimum Gasteiger partial charge on any atom is -0.378 e. The van der Waals surface area contributed by atoms with Gasteiger partial charge in [-0.3, -0.25) is 14.6 Å². The van der Waals surface area contributed by atoms with Crippen molar-refractivity contribution >= 4 is 33.4 Å². The van der Waals surface area contributed by atoms with E-state index in [4.69, 9.17) is 0 Å². The fraction of sp³-hybridized carbons (Fsp3) is 0.409. The van der Waals surface area contributed by atoms with Gasteiger partial charge in [-0.1, -0.05) is 39.8 Å². The van der Waals surface area contributed by atoms with Crippen LogP contribution in [-0.4, -0.2) is 65.0 Å². The zero-order chi connectivity index (χ0) is 25.1. The fourth-order valence-corrected chi connectivity index (χ4v) is 4.94. The number of aliphatic hydroxyl groups is 1. The van der Waals surface area contributed by atoms with Crippen molar-refractivity contribution in [3.05, 3.63) is 65.5 Å². The second-order valence-electron chi connectivity index (χ2n) is 7.53. The molecule has 186 valence electrons. The molecule has 0 aliphatic heterocycles. The molecule has 0 unspecified atom stereocenters. The third kappa shape index (κ3) is 9.53. The number of carbonyl (C=O) groups excluding carboxylic acids is 2. The number of alkyl halides is 3. The monoisotopic (exact) mass is 516 g/mol. The predicted molar refractivity (Wildman–Crippen MR) is 128 cm³/mol. The lowest BCUT2D eigenvalue weighted by molar-refractivity contribution is -0.137. The molecule has 0 saturated carbocycles. The van der Waals surface area contributed by atoms with Gasteiger partial charge < -0.3 is 20.6 Å². The molecule has 0 fully saturated rings. The average Bonchev–Trinajstić information content (AvgIpc) is 2.81. The fourth-order valence-electron chi connectivity index (χ4n) is 2.64. The predicted octanol–water partition coefficient (Wildman–Crippen LogP) is 2.88. The minimum atomic E-state index is -4.52. The molecule has 0 aliphatic carbocycles. The van der Waals surface area contributed by atoms with Gasteiger partial charge in [-0.25, -0.2) is 0 Å². The van der Waals surface area contributed by atoms with Gasteiger partial charge in [0.1, 0.15) is 6.04 Å². The number of pyridine rings is 1. The van der Waals surface area contributed by atoms with Crippen LogP contribution < -0.4 is 10.6 Å². The lowest BCUT2D eigenvalue weighted by Gasteiger charge is -2.20. The number of nitrogens with one attached hydrogen (secondary N) is 2. The van der Waals surface area contributed by atoms with Crippen molar-refractivity contribution in [3.8, 4) is 0 Å². The molecule has 1 aromatic heterocycles. The van der Waals surface area contributed by atoms with Gasteiger partial charge in [-0.2, -0.15) is 13.2 Å². The van der Waals surface area contributed by atoms with Crippen LogP contribution in [-0.2, 0) is 22.3 Å². The molecule has 0 radical (unpaired) electrons. The summed E-state index contributed by atoms with van der Waals surface area (Å²) in [5, 5.41) is 15.6. The maximum absolute atomic E-state index is 12.8. The summed E-state index contributed by atoms with van der Waals surface area (Å²) in [5.41, 5.74) is -0.258. The van der Waals surface area contributed by atoms with E-state index in [0.717, 1.165) is 36.6 Å². The van der Waals surface area contributed by atoms with Crippen LogP contribution in [0.1, 0.15) is 22.9 Å². The van der Waals surface area contributed by atoms with Crippen molar-refractivity contribution in [2.75, 3.05) is 32.1 Å². The van der Waals surface area contributed by atoms with E-state index in [0.29, 0.717) is 5.69 Å². The van der Waals surface area contributed by atoms with E-state index in [1.165, 1.54) is 21.6 Å². The number of benzene rings is 1. The van der Waals surface area contributed by atoms with Gasteiger partial charge in [0, 0.05) is 24.2 Å². The van der Waals surface area contributed by atoms with Gasteiger partial charge in [0.15, 0.2) is 6.10 Å². The molecule has 3 N–H and O–H groups in total. The Kier molecular flexibility index (Phi) is 11.2. The first-order chi connectivity index (χ1) is 16.1. The summed E-state index contributed by atoms with van der Waals surface area (Å²) in [6, 6.07) is 7.97. The smallest absolute Gasteiger partial charge is 0.378 e. The second kappa shape index (κ2) is 13.6. The topological polar surface area (TPSA) is 94.6 Å². The van der Waals surface area contributed by atoms with Crippen molar-refractivity contribution in [2.24, 2.45) is 0 Å². The molecule has 2 aromatic rings. The lowest BCUT2D eigenvalue weighted by Crippen LogP contribution is -2.49. The highest BCUT2D eigenvalue weighted by Gasteiger charge is 2.31. The van der Waals surface area contributed by atoms with E-state index in [1.54, 1.807) is 24.4 Å². The van der Waals surface area contributed by atoms with Crippen LogP contribution in [0.15, 0.2) is 48.7 Å². The van der Waals surface area contributed by atoms with Gasteiger partial charge in [0.25, 0.3) is 5.91 Å². The first-order valence-electron chi connectivity index (χ1n) is 10.3. The van der Waals surface area contributed by atoms with E-state index in [1.807, 2.05) is 19.0 Å². The van der Waals surface area contributed by atoms with E-state index in [9.17, 15) is 27.9 Å². The van der Waals surface area contributed by atoms with Crippen LogP contribution in [0.2, 0.25) is 0 Å². The Labute approximate surface area is 204 Å². The van der Waals surface area contributed by atoms with Crippen LogP contribution in [0.4, 0.5) is 13.2 Å². The van der Waals surface area contributed by atoms with Crippen LogP contribution in [0.3, 0.4) is 0 Å². The number of amides is 2. The Morgan fingerprint density at radius 1 is 1.09 bits per heavy atom. The second-order valence-corrected chi connectivity index (χ2v) is 10.2. The lowest BCUT2D eigenvalue weighted by atomic mass is 10.1. The van der Waals surface area contributed by atoms with Crippen LogP contribution in [0.25, 0.3) is 0 Å². The highest BCUT2D eigenvalue weighted by atomic mass is 33.1. The van der Waals surface area contributed by atoms with Gasteiger partial charge >= 0.3 is 6.18 Å². The number of hydrogen-bond acceptors (Lipinski definition) is 7. The molecule has 1 aromatic carbocycles. The normalized spacial score (nSPS) is 13.4. The summed E-state index contributed by atoms with van der Waals surface area (Å²) in [5.74, 6) is -0.296. The molecule has 2 amide bonds.